The number of hydrogen-bond donors (Lipinski definition) is 0. The van der Waals surface area contributed by atoms with Crippen molar-refractivity contribution in [1.29, 1.82) is 0 Å². The minimum atomic E-state index is -2.01. The van der Waals surface area contributed by atoms with Crippen LogP contribution in [0.25, 0.3) is 0 Å². The average Bonchev–Trinajstić information content (AvgIpc) is 2.89. The number of carbonyl (C=O) groups is 1. The van der Waals surface area contributed by atoms with Crippen molar-refractivity contribution in [2.45, 2.75) is 107 Å². The largest absolute Gasteiger partial charge is 0.407 e. The quantitative estimate of drug-likeness (QED) is 0.471. The molecular weight excluding hydrogens is 409 g/mol. The third kappa shape index (κ3) is 5.26. The Kier molecular flexibility index (Phi) is 6.90. The minimum absolute atomic E-state index is 0.0912. The molecule has 0 N–H and O–H groups in total. The minimum Gasteiger partial charge on any atom is -0.407 e. The van der Waals surface area contributed by atoms with E-state index in [-0.39, 0.29) is 32.1 Å². The van der Waals surface area contributed by atoms with Gasteiger partial charge in [0.1, 0.15) is 12.2 Å². The van der Waals surface area contributed by atoms with Crippen molar-refractivity contribution in [3.63, 3.8) is 0 Å². The molecule has 1 aliphatic heterocycles. The second-order valence-corrected chi connectivity index (χ2v) is 23.9. The molecule has 27 heavy (non-hydrogen) atoms. The monoisotopic (exact) mass is 448 g/mol. The Morgan fingerprint density at radius 3 is 1.44 bits per heavy atom. The topological polar surface area (TPSA) is 35.5 Å². The average molecular weight is 449 g/mol. The van der Waals surface area contributed by atoms with Crippen LogP contribution in [0, 0.1) is 0 Å². The first-order chi connectivity index (χ1) is 12.0. The Morgan fingerprint density at radius 1 is 0.815 bits per heavy atom. The maximum atomic E-state index is 13.5. The molecule has 1 heterocycles. The maximum absolute atomic E-state index is 13.5. The Bertz CT molecular complexity index is 517. The van der Waals surface area contributed by atoms with E-state index in [9.17, 15) is 4.79 Å². The molecule has 0 aromatic rings. The summed E-state index contributed by atoms with van der Waals surface area (Å²) < 4.78 is 13.4. The van der Waals surface area contributed by atoms with E-state index in [4.69, 9.17) is 8.85 Å². The Balaban J connectivity index is 2.29. The van der Waals surface area contributed by atoms with E-state index in [0.29, 0.717) is 0 Å². The van der Waals surface area contributed by atoms with Gasteiger partial charge in [-0.25, -0.2) is 0 Å². The zero-order valence-corrected chi connectivity index (χ0v) is 22.7. The van der Waals surface area contributed by atoms with E-state index in [2.05, 4.69) is 67.7 Å². The van der Waals surface area contributed by atoms with Gasteiger partial charge in [-0.1, -0.05) is 41.5 Å². The molecule has 1 aliphatic carbocycles. The lowest BCUT2D eigenvalue weighted by molar-refractivity contribution is -0.137. The maximum Gasteiger partial charge on any atom is 0.193 e. The predicted molar refractivity (Wildman–Crippen MR) is 126 cm³/mol. The van der Waals surface area contributed by atoms with Crippen LogP contribution >= 0.6 is 23.5 Å². The van der Waals surface area contributed by atoms with Crippen molar-refractivity contribution in [3.8, 4) is 0 Å². The van der Waals surface area contributed by atoms with Gasteiger partial charge in [0.05, 0.1) is 4.08 Å². The van der Waals surface area contributed by atoms with Crippen molar-refractivity contribution >= 4 is 45.9 Å². The molecule has 1 spiro atoms. The highest BCUT2D eigenvalue weighted by Crippen LogP contribution is 2.54. The third-order valence-electron chi connectivity index (χ3n) is 6.93. The van der Waals surface area contributed by atoms with Crippen molar-refractivity contribution in [1.82, 2.24) is 0 Å². The van der Waals surface area contributed by atoms with Gasteiger partial charge in [0.2, 0.25) is 0 Å². The van der Waals surface area contributed by atoms with Crippen molar-refractivity contribution < 1.29 is 13.6 Å². The zero-order valence-electron chi connectivity index (χ0n) is 19.0. The van der Waals surface area contributed by atoms with E-state index in [1.165, 1.54) is 11.5 Å². The molecule has 0 aromatic carbocycles. The third-order valence-corrected chi connectivity index (χ3v) is 19.4. The SMILES string of the molecule is CC(C)(C)[Si](C)(C)O[C@@H]1CC2(C[C@@H](O[Si](C)(C)C(C)(C)C)C1=O)SCCS2. The fourth-order valence-electron chi connectivity index (χ4n) is 3.05. The van der Waals surface area contributed by atoms with E-state index in [1.54, 1.807) is 0 Å². The van der Waals surface area contributed by atoms with E-state index in [0.717, 1.165) is 12.8 Å². The van der Waals surface area contributed by atoms with Gasteiger partial charge in [-0.15, -0.1) is 23.5 Å². The fraction of sp³-hybridized carbons (Fsp3) is 0.950. The van der Waals surface area contributed by atoms with Crippen molar-refractivity contribution in [3.05, 3.63) is 0 Å². The molecule has 0 amide bonds. The molecule has 0 unspecified atom stereocenters. The zero-order chi connectivity index (χ0) is 20.9. The lowest BCUT2D eigenvalue weighted by Crippen LogP contribution is -2.57. The molecule has 0 radical (unpaired) electrons. The summed E-state index contributed by atoms with van der Waals surface area (Å²) in [6, 6.07) is 0. The van der Waals surface area contributed by atoms with Crippen LogP contribution in [0.5, 0.6) is 0 Å². The Labute approximate surface area is 177 Å². The summed E-state index contributed by atoms with van der Waals surface area (Å²) in [6.07, 6.45) is 1.05. The van der Waals surface area contributed by atoms with E-state index >= 15 is 0 Å². The second kappa shape index (κ2) is 7.76. The molecule has 2 aliphatic rings. The van der Waals surface area contributed by atoms with Crippen LogP contribution in [0.4, 0.5) is 0 Å². The molecule has 3 nitrogen and oxygen atoms in total. The summed E-state index contributed by atoms with van der Waals surface area (Å²) in [5, 5.41) is 0.202. The molecule has 2 atom stereocenters. The first kappa shape index (κ1) is 24.0. The standard InChI is InChI=1S/C20H40O3S2Si2/c1-18(2,3)26(7,8)22-15-13-20(24-11-12-25-20)14-16(17(15)21)23-27(9,10)19(4,5)6/h15-16H,11-14H2,1-10H3/t15-,16-/m1/s1. The van der Waals surface area contributed by atoms with Gasteiger partial charge in [0, 0.05) is 24.3 Å². The molecule has 0 aromatic heterocycles. The van der Waals surface area contributed by atoms with Crippen LogP contribution in [0.3, 0.4) is 0 Å². The van der Waals surface area contributed by atoms with Crippen LogP contribution < -0.4 is 0 Å². The number of ketones is 1. The first-order valence-electron chi connectivity index (χ1n) is 10.2. The van der Waals surface area contributed by atoms with Gasteiger partial charge in [0.25, 0.3) is 0 Å². The second-order valence-electron chi connectivity index (χ2n) is 11.2. The first-order valence-corrected chi connectivity index (χ1v) is 18.0. The van der Waals surface area contributed by atoms with Gasteiger partial charge >= 0.3 is 0 Å². The molecule has 1 saturated heterocycles. The highest BCUT2D eigenvalue weighted by molar-refractivity contribution is 8.21. The molecule has 1 saturated carbocycles. The van der Waals surface area contributed by atoms with Crippen molar-refractivity contribution in [2.24, 2.45) is 0 Å². The number of thioether (sulfide) groups is 2. The lowest BCUT2D eigenvalue weighted by atomic mass is 9.93. The van der Waals surface area contributed by atoms with E-state index in [1.807, 2.05) is 23.5 Å². The molecule has 7 heteroatoms. The summed E-state index contributed by atoms with van der Waals surface area (Å²) in [5.41, 5.74) is 0. The number of hydrogen-bond acceptors (Lipinski definition) is 5. The lowest BCUT2D eigenvalue weighted by Gasteiger charge is -2.47. The van der Waals surface area contributed by atoms with Gasteiger partial charge in [-0.3, -0.25) is 4.79 Å². The summed E-state index contributed by atoms with van der Waals surface area (Å²) in [7, 11) is -4.02. The highest BCUT2D eigenvalue weighted by atomic mass is 32.2. The number of rotatable bonds is 4. The van der Waals surface area contributed by atoms with Gasteiger partial charge in [0.15, 0.2) is 22.4 Å². The smallest absolute Gasteiger partial charge is 0.193 e. The Morgan fingerprint density at radius 2 is 1.15 bits per heavy atom. The van der Waals surface area contributed by atoms with Crippen LogP contribution in [-0.4, -0.2) is 50.2 Å². The molecular formula is C20H40O3S2Si2. The fourth-order valence-corrected chi connectivity index (χ4v) is 8.90. The Hall–Kier alpha value is 0.724. The predicted octanol–water partition coefficient (Wildman–Crippen LogP) is 6.31. The van der Waals surface area contributed by atoms with Crippen LogP contribution in [0.1, 0.15) is 54.4 Å². The van der Waals surface area contributed by atoms with Gasteiger partial charge in [-0.05, 0) is 36.3 Å². The van der Waals surface area contributed by atoms with Crippen molar-refractivity contribution in [2.75, 3.05) is 11.5 Å². The van der Waals surface area contributed by atoms with Gasteiger partial charge < -0.3 is 8.85 Å². The summed E-state index contributed by atoms with van der Waals surface area (Å²) in [6.45, 7) is 22.4. The van der Waals surface area contributed by atoms with Crippen LogP contribution in [-0.2, 0) is 13.6 Å². The molecule has 158 valence electrons. The van der Waals surface area contributed by atoms with Gasteiger partial charge in [-0.2, -0.15) is 0 Å². The normalized spacial score (nSPS) is 27.4. The number of Topliss-reactive ketones (excluding diaryl/α,β-unsaturated/α-hetero) is 1. The molecule has 2 rings (SSSR count). The summed E-state index contributed by atoms with van der Waals surface area (Å²) >= 11 is 4.05. The molecule has 2 fully saturated rings. The van der Waals surface area contributed by atoms with Crippen LogP contribution in [0.15, 0.2) is 0 Å². The summed E-state index contributed by atoms with van der Waals surface area (Å²) in [4.78, 5) is 13.5. The van der Waals surface area contributed by atoms with Crippen LogP contribution in [0.2, 0.25) is 36.3 Å². The highest BCUT2D eigenvalue weighted by Gasteiger charge is 2.53. The van der Waals surface area contributed by atoms with E-state index < -0.39 is 16.6 Å². The summed E-state index contributed by atoms with van der Waals surface area (Å²) in [5.74, 6) is 2.53. The number of carbonyl (C=O) groups excluding carboxylic acids is 1. The molecule has 0 bridgehead atoms.